The van der Waals surface area contributed by atoms with Crippen molar-refractivity contribution in [3.63, 3.8) is 0 Å². The molecule has 0 saturated carbocycles. The van der Waals surface area contributed by atoms with Crippen molar-refractivity contribution in [1.29, 1.82) is 0 Å². The van der Waals surface area contributed by atoms with E-state index in [9.17, 15) is 8.78 Å². The highest BCUT2D eigenvalue weighted by molar-refractivity contribution is 5.83. The molecule has 3 N–H and O–H groups in total. The van der Waals surface area contributed by atoms with Crippen molar-refractivity contribution in [1.82, 2.24) is 4.98 Å². The van der Waals surface area contributed by atoms with Crippen molar-refractivity contribution < 1.29 is 8.78 Å². The summed E-state index contributed by atoms with van der Waals surface area (Å²) < 4.78 is 25.8. The fourth-order valence-electron chi connectivity index (χ4n) is 1.47. The van der Waals surface area contributed by atoms with Crippen LogP contribution in [0.25, 0.3) is 10.9 Å². The van der Waals surface area contributed by atoms with Gasteiger partial charge >= 0.3 is 0 Å². The van der Waals surface area contributed by atoms with Gasteiger partial charge in [-0.2, -0.15) is 0 Å². The van der Waals surface area contributed by atoms with E-state index in [1.165, 1.54) is 0 Å². The summed E-state index contributed by atoms with van der Waals surface area (Å²) in [6, 6.07) is 4.56. The summed E-state index contributed by atoms with van der Waals surface area (Å²) in [6.07, 6.45) is 2.09. The molecule has 0 fully saturated rings. The van der Waals surface area contributed by atoms with E-state index in [-0.39, 0.29) is 0 Å². The Morgan fingerprint density at radius 2 is 2.00 bits per heavy atom. The molecule has 0 spiro atoms. The molecule has 15 heavy (non-hydrogen) atoms. The average molecular weight is 206 g/mol. The van der Waals surface area contributed by atoms with Crippen LogP contribution in [0.2, 0.25) is 0 Å². The number of benzene rings is 1. The van der Waals surface area contributed by atoms with Crippen molar-refractivity contribution in [2.24, 2.45) is 5.73 Å². The van der Waals surface area contributed by atoms with Crippen LogP contribution in [0.1, 0.15) is 5.56 Å². The number of nitrogens with one attached hydrogen (secondary N) is 1. The smallest absolute Gasteiger partial charge is 0.160 e. The SMILES string of the molecule is NC#CCc1c[nH]c2cc(F)c(F)cc12. The highest BCUT2D eigenvalue weighted by Gasteiger charge is 2.08. The normalized spacial score (nSPS) is 10.0. The Morgan fingerprint density at radius 3 is 2.73 bits per heavy atom. The summed E-state index contributed by atoms with van der Waals surface area (Å²) in [5.74, 6) is 0.951. The van der Waals surface area contributed by atoms with E-state index in [2.05, 4.69) is 16.9 Å². The van der Waals surface area contributed by atoms with Gasteiger partial charge in [-0.05, 0) is 11.6 Å². The van der Waals surface area contributed by atoms with E-state index in [4.69, 9.17) is 5.73 Å². The Kier molecular flexibility index (Phi) is 2.30. The van der Waals surface area contributed by atoms with Gasteiger partial charge in [0.1, 0.15) is 0 Å². The molecular weight excluding hydrogens is 198 g/mol. The standard InChI is InChI=1S/C11H8F2N2/c12-9-4-8-7(2-1-3-14)6-15-11(8)5-10(9)13/h4-6,15H,2,14H2. The van der Waals surface area contributed by atoms with Crippen LogP contribution in [-0.4, -0.2) is 4.98 Å². The fourth-order valence-corrected chi connectivity index (χ4v) is 1.47. The quantitative estimate of drug-likeness (QED) is 0.543. The molecule has 1 aromatic heterocycles. The number of hydrogen-bond acceptors (Lipinski definition) is 1. The predicted octanol–water partition coefficient (Wildman–Crippen LogP) is 1.91. The number of aromatic nitrogens is 1. The van der Waals surface area contributed by atoms with Crippen molar-refractivity contribution >= 4 is 10.9 Å². The van der Waals surface area contributed by atoms with Crippen molar-refractivity contribution in [2.75, 3.05) is 0 Å². The molecular formula is C11H8F2N2. The molecule has 0 bridgehead atoms. The second kappa shape index (κ2) is 3.62. The van der Waals surface area contributed by atoms with Gasteiger partial charge in [0.05, 0.1) is 0 Å². The van der Waals surface area contributed by atoms with Crippen molar-refractivity contribution in [3.8, 4) is 12.0 Å². The minimum absolute atomic E-state index is 0.418. The Morgan fingerprint density at radius 1 is 1.27 bits per heavy atom. The lowest BCUT2D eigenvalue weighted by atomic mass is 10.1. The average Bonchev–Trinajstić information content (AvgIpc) is 2.59. The summed E-state index contributed by atoms with van der Waals surface area (Å²) in [5, 5.41) is 0.636. The maximum Gasteiger partial charge on any atom is 0.160 e. The fraction of sp³-hybridized carbons (Fsp3) is 0.0909. The zero-order chi connectivity index (χ0) is 10.8. The summed E-state index contributed by atoms with van der Waals surface area (Å²) in [6.45, 7) is 0. The molecule has 2 nitrogen and oxygen atoms in total. The maximum atomic E-state index is 13.0. The van der Waals surface area contributed by atoms with Crippen LogP contribution in [0.3, 0.4) is 0 Å². The van der Waals surface area contributed by atoms with Gasteiger partial charge in [-0.25, -0.2) is 8.78 Å². The molecule has 0 unspecified atom stereocenters. The zero-order valence-electron chi connectivity index (χ0n) is 7.77. The van der Waals surface area contributed by atoms with Gasteiger partial charge < -0.3 is 10.7 Å². The molecule has 0 aliphatic heterocycles. The number of hydrogen-bond donors (Lipinski definition) is 2. The van der Waals surface area contributed by atoms with Crippen LogP contribution >= 0.6 is 0 Å². The third-order valence-electron chi connectivity index (χ3n) is 2.19. The monoisotopic (exact) mass is 206 g/mol. The molecule has 4 heteroatoms. The largest absolute Gasteiger partial charge is 0.361 e. The van der Waals surface area contributed by atoms with Gasteiger partial charge in [0.2, 0.25) is 0 Å². The summed E-state index contributed by atoms with van der Waals surface area (Å²) in [5.41, 5.74) is 6.40. The number of fused-ring (bicyclic) bond motifs is 1. The summed E-state index contributed by atoms with van der Waals surface area (Å²) in [4.78, 5) is 2.85. The Balaban J connectivity index is 2.57. The topological polar surface area (TPSA) is 41.8 Å². The van der Waals surface area contributed by atoms with Crippen LogP contribution in [0, 0.1) is 23.6 Å². The Bertz CT molecular complexity index is 561. The summed E-state index contributed by atoms with van der Waals surface area (Å²) in [7, 11) is 0. The van der Waals surface area contributed by atoms with E-state index >= 15 is 0 Å². The molecule has 0 saturated heterocycles. The van der Waals surface area contributed by atoms with Crippen LogP contribution in [0.15, 0.2) is 18.3 Å². The third-order valence-corrected chi connectivity index (χ3v) is 2.19. The molecule has 0 radical (unpaired) electrons. The first-order valence-corrected chi connectivity index (χ1v) is 4.36. The molecule has 2 rings (SSSR count). The van der Waals surface area contributed by atoms with Crippen molar-refractivity contribution in [2.45, 2.75) is 6.42 Å². The minimum atomic E-state index is -0.860. The number of halogens is 2. The molecule has 0 aliphatic carbocycles. The van der Waals surface area contributed by atoms with E-state index < -0.39 is 11.6 Å². The van der Waals surface area contributed by atoms with E-state index in [1.54, 1.807) is 6.20 Å². The second-order valence-corrected chi connectivity index (χ2v) is 3.12. The lowest BCUT2D eigenvalue weighted by Crippen LogP contribution is -1.85. The lowest BCUT2D eigenvalue weighted by Gasteiger charge is -1.95. The van der Waals surface area contributed by atoms with E-state index in [0.717, 1.165) is 17.7 Å². The second-order valence-electron chi connectivity index (χ2n) is 3.12. The molecule has 0 atom stereocenters. The van der Waals surface area contributed by atoms with Crippen LogP contribution in [0.4, 0.5) is 8.78 Å². The maximum absolute atomic E-state index is 13.0. The first-order valence-electron chi connectivity index (χ1n) is 4.36. The number of aromatic amines is 1. The highest BCUT2D eigenvalue weighted by Crippen LogP contribution is 2.21. The Hall–Kier alpha value is -2.02. The van der Waals surface area contributed by atoms with E-state index in [1.807, 2.05) is 0 Å². The highest BCUT2D eigenvalue weighted by atomic mass is 19.2. The molecule has 0 amide bonds. The van der Waals surface area contributed by atoms with Gasteiger partial charge in [-0.15, -0.1) is 0 Å². The van der Waals surface area contributed by atoms with Crippen LogP contribution in [-0.2, 0) is 6.42 Å². The molecule has 2 aromatic rings. The van der Waals surface area contributed by atoms with Gasteiger partial charge in [0.25, 0.3) is 0 Å². The van der Waals surface area contributed by atoms with E-state index in [0.29, 0.717) is 17.3 Å². The van der Waals surface area contributed by atoms with Crippen molar-refractivity contribution in [3.05, 3.63) is 35.5 Å². The zero-order valence-corrected chi connectivity index (χ0v) is 7.77. The first-order chi connectivity index (χ1) is 7.22. The first kappa shape index (κ1) is 9.53. The summed E-state index contributed by atoms with van der Waals surface area (Å²) >= 11 is 0. The predicted molar refractivity (Wildman–Crippen MR) is 53.9 cm³/mol. The Labute approximate surface area is 85.1 Å². The molecule has 1 aromatic carbocycles. The van der Waals surface area contributed by atoms with Gasteiger partial charge in [0, 0.05) is 35.6 Å². The molecule has 76 valence electrons. The molecule has 1 heterocycles. The van der Waals surface area contributed by atoms with Crippen LogP contribution < -0.4 is 5.73 Å². The number of H-pyrrole nitrogens is 1. The minimum Gasteiger partial charge on any atom is -0.361 e. The third kappa shape index (κ3) is 1.64. The number of rotatable bonds is 1. The van der Waals surface area contributed by atoms with Gasteiger partial charge in [-0.3, -0.25) is 0 Å². The van der Waals surface area contributed by atoms with Gasteiger partial charge in [0.15, 0.2) is 11.6 Å². The van der Waals surface area contributed by atoms with Gasteiger partial charge in [-0.1, -0.05) is 5.92 Å². The van der Waals surface area contributed by atoms with Crippen LogP contribution in [0.5, 0.6) is 0 Å². The number of nitrogens with two attached hydrogens (primary N) is 1. The lowest BCUT2D eigenvalue weighted by molar-refractivity contribution is 0.511. The molecule has 0 aliphatic rings.